The van der Waals surface area contributed by atoms with Gasteiger partial charge in [0.25, 0.3) is 0 Å². The van der Waals surface area contributed by atoms with E-state index in [9.17, 15) is 22.7 Å². The zero-order valence-corrected chi connectivity index (χ0v) is 26.9. The Labute approximate surface area is 273 Å². The number of nitrogens with zero attached hydrogens (tertiary/aromatic N) is 5. The third-order valence-corrected chi connectivity index (χ3v) is 9.08. The van der Waals surface area contributed by atoms with Crippen LogP contribution in [0.2, 0.25) is 0 Å². The van der Waals surface area contributed by atoms with E-state index < -0.39 is 40.6 Å². The Morgan fingerprint density at radius 2 is 1.67 bits per heavy atom. The Morgan fingerprint density at radius 1 is 0.958 bits per heavy atom. The van der Waals surface area contributed by atoms with Crippen LogP contribution in [0, 0.1) is 11.6 Å². The molecule has 10 nitrogen and oxygen atoms in total. The van der Waals surface area contributed by atoms with E-state index in [1.165, 1.54) is 7.11 Å². The van der Waals surface area contributed by atoms with Crippen molar-refractivity contribution in [2.75, 3.05) is 57.9 Å². The van der Waals surface area contributed by atoms with Crippen LogP contribution < -0.4 is 24.4 Å². The second kappa shape index (κ2) is 13.3. The normalized spacial score (nSPS) is 17.7. The Kier molecular flexibility index (Phi) is 9.35. The molecule has 2 N–H and O–H groups in total. The Hall–Kier alpha value is -4.24. The summed E-state index contributed by atoms with van der Waals surface area (Å²) in [6.07, 6.45) is -1.24. The molecule has 2 aromatic carbocycles. The van der Waals surface area contributed by atoms with Crippen LogP contribution in [-0.4, -0.2) is 89.8 Å². The summed E-state index contributed by atoms with van der Waals surface area (Å²) < 4.78 is 87.8. The van der Waals surface area contributed by atoms with E-state index in [1.54, 1.807) is 0 Å². The molecule has 3 aliphatic heterocycles. The lowest BCUT2D eigenvalue weighted by atomic mass is 9.95. The van der Waals surface area contributed by atoms with Crippen LogP contribution in [0.1, 0.15) is 39.5 Å². The maximum atomic E-state index is 16.8. The number of aromatic hydroxyl groups is 1. The van der Waals surface area contributed by atoms with Crippen LogP contribution in [0.4, 0.5) is 27.8 Å². The molecule has 258 valence electrons. The van der Waals surface area contributed by atoms with E-state index in [0.717, 1.165) is 63.0 Å². The quantitative estimate of drug-likeness (QED) is 0.221. The van der Waals surface area contributed by atoms with Crippen molar-refractivity contribution in [1.82, 2.24) is 25.2 Å². The molecule has 0 aliphatic carbocycles. The first-order valence-corrected chi connectivity index (χ1v) is 16.1. The van der Waals surface area contributed by atoms with Crippen LogP contribution in [-0.2, 0) is 0 Å². The summed E-state index contributed by atoms with van der Waals surface area (Å²) in [6.45, 7) is 8.61. The van der Waals surface area contributed by atoms with Crippen molar-refractivity contribution in [2.45, 2.75) is 51.4 Å². The topological polar surface area (TPSA) is 105 Å². The van der Waals surface area contributed by atoms with Crippen molar-refractivity contribution in [3.63, 3.8) is 0 Å². The summed E-state index contributed by atoms with van der Waals surface area (Å²) in [5, 5.41) is 13.4. The number of alkyl halides is 3. The number of benzene rings is 2. The fraction of sp³-hybridized carbons (Fsp3) is 0.485. The molecule has 0 atom stereocenters. The van der Waals surface area contributed by atoms with Gasteiger partial charge in [0.05, 0.1) is 12.6 Å². The Bertz CT molecular complexity index is 1810. The molecule has 3 saturated heterocycles. The average molecular weight is 677 g/mol. The van der Waals surface area contributed by atoms with Gasteiger partial charge in [-0.2, -0.15) is 9.97 Å². The molecular formula is C33H37F5N6O4. The van der Waals surface area contributed by atoms with Crippen molar-refractivity contribution in [3.8, 4) is 34.6 Å². The number of aromatic nitrogens is 3. The lowest BCUT2D eigenvalue weighted by molar-refractivity contribution is -0.275. The van der Waals surface area contributed by atoms with Crippen molar-refractivity contribution < 1.29 is 41.3 Å². The molecule has 48 heavy (non-hydrogen) atoms. The number of halogens is 5. The maximum absolute atomic E-state index is 16.8. The van der Waals surface area contributed by atoms with Gasteiger partial charge < -0.3 is 29.5 Å². The molecule has 4 aromatic rings. The number of piperazine rings is 1. The molecule has 7 rings (SSSR count). The number of hydrogen-bond acceptors (Lipinski definition) is 10. The van der Waals surface area contributed by atoms with Gasteiger partial charge in [-0.05, 0) is 62.4 Å². The van der Waals surface area contributed by atoms with Gasteiger partial charge in [0.1, 0.15) is 34.8 Å². The number of ether oxygens (including phenoxy) is 3. The van der Waals surface area contributed by atoms with Crippen LogP contribution in [0.5, 0.6) is 23.4 Å². The highest BCUT2D eigenvalue weighted by atomic mass is 19.4. The zero-order valence-electron chi connectivity index (χ0n) is 26.9. The second-order valence-electron chi connectivity index (χ2n) is 11.8. The first kappa shape index (κ1) is 33.7. The Morgan fingerprint density at radius 3 is 2.33 bits per heavy atom. The third kappa shape index (κ3) is 6.20. The molecule has 5 heterocycles. The number of phenols is 1. The van der Waals surface area contributed by atoms with Gasteiger partial charge in [0.2, 0.25) is 5.88 Å². The van der Waals surface area contributed by atoms with Gasteiger partial charge in [0, 0.05) is 37.1 Å². The van der Waals surface area contributed by atoms with Gasteiger partial charge in [-0.3, -0.25) is 4.90 Å². The van der Waals surface area contributed by atoms with Gasteiger partial charge in [-0.1, -0.05) is 19.9 Å². The van der Waals surface area contributed by atoms with E-state index >= 15 is 4.39 Å². The standard InChI is InChI=1S/C31H31F5N6O4.C2H6/c1-44-28-22-25(23(33)24(38-28)19-15-18(43)14-17-4-5-20(32)26(21(17)19)46-31(34,35)36)39-29(40-27(22)41-12-8-37-9-13-41)45-16-30-6-2-10-42(30)11-3-7-30;1-2/h4-5,14-15,37,43H,2-3,6-13,16H2,1H3;1-2H3. The summed E-state index contributed by atoms with van der Waals surface area (Å²) in [7, 11) is 1.31. The first-order chi connectivity index (χ1) is 23.1. The minimum Gasteiger partial charge on any atom is -0.508 e. The molecule has 3 fully saturated rings. The summed E-state index contributed by atoms with van der Waals surface area (Å²) >= 11 is 0. The summed E-state index contributed by atoms with van der Waals surface area (Å²) in [5.41, 5.74) is -1.29. The lowest BCUT2D eigenvalue weighted by Gasteiger charge is -2.32. The molecule has 0 unspecified atom stereocenters. The number of nitrogens with one attached hydrogen (secondary N) is 1. The maximum Gasteiger partial charge on any atom is 0.573 e. The van der Waals surface area contributed by atoms with E-state index in [2.05, 4.69) is 24.9 Å². The predicted molar refractivity (Wildman–Crippen MR) is 170 cm³/mol. The summed E-state index contributed by atoms with van der Waals surface area (Å²) in [5.74, 6) is -3.78. The Balaban J connectivity index is 0.00000197. The van der Waals surface area contributed by atoms with Gasteiger partial charge >= 0.3 is 12.4 Å². The predicted octanol–water partition coefficient (Wildman–Crippen LogP) is 6.18. The highest BCUT2D eigenvalue weighted by Crippen LogP contribution is 2.45. The van der Waals surface area contributed by atoms with Gasteiger partial charge in [0.15, 0.2) is 17.4 Å². The number of phenolic OH excluding ortho intramolecular Hbond substituents is 1. The molecular weight excluding hydrogens is 639 g/mol. The van der Waals surface area contributed by atoms with Crippen LogP contribution in [0.3, 0.4) is 0 Å². The highest BCUT2D eigenvalue weighted by molar-refractivity contribution is 6.04. The zero-order chi connectivity index (χ0) is 34.2. The number of anilines is 1. The number of rotatable bonds is 7. The molecule has 2 aromatic heterocycles. The highest BCUT2D eigenvalue weighted by Gasteiger charge is 2.45. The number of hydrogen-bond donors (Lipinski definition) is 2. The van der Waals surface area contributed by atoms with Crippen LogP contribution in [0.25, 0.3) is 32.9 Å². The molecule has 0 saturated carbocycles. The fourth-order valence-corrected chi connectivity index (χ4v) is 7.05. The molecule has 15 heteroatoms. The van der Waals surface area contributed by atoms with Gasteiger partial charge in [-0.25, -0.2) is 13.8 Å². The molecule has 0 radical (unpaired) electrons. The molecule has 3 aliphatic rings. The average Bonchev–Trinajstić information content (AvgIpc) is 3.66. The molecule has 0 spiro atoms. The van der Waals surface area contributed by atoms with E-state index in [0.29, 0.717) is 38.6 Å². The van der Waals surface area contributed by atoms with E-state index in [1.807, 2.05) is 18.7 Å². The minimum absolute atomic E-state index is 0.0407. The van der Waals surface area contributed by atoms with Crippen molar-refractivity contribution in [3.05, 3.63) is 35.9 Å². The van der Waals surface area contributed by atoms with E-state index in [4.69, 9.17) is 14.5 Å². The van der Waals surface area contributed by atoms with Crippen molar-refractivity contribution >= 4 is 27.5 Å². The van der Waals surface area contributed by atoms with Crippen LogP contribution >= 0.6 is 0 Å². The summed E-state index contributed by atoms with van der Waals surface area (Å²) in [4.78, 5) is 17.9. The number of methoxy groups -OCH3 is 1. The van der Waals surface area contributed by atoms with Crippen molar-refractivity contribution in [1.29, 1.82) is 0 Å². The number of fused-ring (bicyclic) bond motifs is 3. The number of pyridine rings is 1. The molecule has 0 bridgehead atoms. The SMILES string of the molecule is CC.COc1nc(-c2cc(O)cc3ccc(F)c(OC(F)(F)F)c23)c(F)c2nc(OCC34CCCN3CCC4)nc(N3CCNCC3)c12. The minimum atomic E-state index is -5.26. The van der Waals surface area contributed by atoms with Crippen LogP contribution in [0.15, 0.2) is 24.3 Å². The third-order valence-electron chi connectivity index (χ3n) is 9.08. The van der Waals surface area contributed by atoms with E-state index in [-0.39, 0.29) is 39.3 Å². The lowest BCUT2D eigenvalue weighted by Crippen LogP contribution is -2.44. The molecule has 0 amide bonds. The second-order valence-corrected chi connectivity index (χ2v) is 11.8. The van der Waals surface area contributed by atoms with Crippen molar-refractivity contribution in [2.24, 2.45) is 0 Å². The first-order valence-electron chi connectivity index (χ1n) is 16.1. The fourth-order valence-electron chi connectivity index (χ4n) is 7.05. The smallest absolute Gasteiger partial charge is 0.508 e. The largest absolute Gasteiger partial charge is 0.573 e. The summed E-state index contributed by atoms with van der Waals surface area (Å²) in [6, 6.07) is 3.95. The monoisotopic (exact) mass is 676 g/mol. The van der Waals surface area contributed by atoms with Gasteiger partial charge in [-0.15, -0.1) is 13.2 Å².